The number of nitrogens with zero attached hydrogens (tertiary/aromatic N) is 2. The van der Waals surface area contributed by atoms with Gasteiger partial charge in [-0.25, -0.2) is 0 Å². The number of aryl methyl sites for hydroxylation is 1. The summed E-state index contributed by atoms with van der Waals surface area (Å²) in [5.41, 5.74) is -0.306. The predicted molar refractivity (Wildman–Crippen MR) is 90.2 cm³/mol. The molecule has 0 spiro atoms. The molecule has 2 fully saturated rings. The largest absolute Gasteiger partial charge is 0.379 e. The van der Waals surface area contributed by atoms with Crippen molar-refractivity contribution in [3.05, 3.63) is 27.7 Å². The lowest BCUT2D eigenvalue weighted by Gasteiger charge is -2.40. The Labute approximate surface area is 145 Å². The van der Waals surface area contributed by atoms with Crippen LogP contribution >= 0.6 is 0 Å². The van der Waals surface area contributed by atoms with E-state index >= 15 is 0 Å². The van der Waals surface area contributed by atoms with Crippen LogP contribution in [0.5, 0.6) is 0 Å². The molecule has 2 aliphatic heterocycles. The Kier molecular flexibility index (Phi) is 4.89. The van der Waals surface area contributed by atoms with Crippen LogP contribution in [-0.2, 0) is 9.53 Å². The number of amides is 2. The van der Waals surface area contributed by atoms with Gasteiger partial charge in [0.1, 0.15) is 0 Å². The molecule has 1 unspecified atom stereocenters. The summed E-state index contributed by atoms with van der Waals surface area (Å²) in [4.78, 5) is 38.6. The molecule has 0 radical (unpaired) electrons. The third-order valence-electron chi connectivity index (χ3n) is 4.85. The molecule has 0 saturated carbocycles. The number of nitrogens with one attached hydrogen (secondary N) is 2. The van der Waals surface area contributed by atoms with Crippen LogP contribution in [0.4, 0.5) is 0 Å². The Morgan fingerprint density at radius 2 is 2.12 bits per heavy atom. The standard InChI is InChI=1S/C17H24N4O4/c1-11-8-13(22)14(20-19-11)15(23)18-12-4-3-6-21(7-5-12)16(24)17(2)9-25-10-17/h8,12H,3-7,9-10H2,1-2H3,(H,18,23)(H,19,22). The number of carbonyl (C=O) groups is 2. The molecule has 3 rings (SSSR count). The van der Waals surface area contributed by atoms with Gasteiger partial charge in [-0.2, -0.15) is 5.10 Å². The number of aromatic nitrogens is 2. The van der Waals surface area contributed by atoms with Crippen LogP contribution in [0.2, 0.25) is 0 Å². The van der Waals surface area contributed by atoms with E-state index in [2.05, 4.69) is 15.5 Å². The lowest BCUT2D eigenvalue weighted by atomic mass is 9.87. The summed E-state index contributed by atoms with van der Waals surface area (Å²) < 4.78 is 5.18. The number of hydrogen-bond acceptors (Lipinski definition) is 5. The smallest absolute Gasteiger partial charge is 0.276 e. The number of hydrogen-bond donors (Lipinski definition) is 2. The Morgan fingerprint density at radius 1 is 1.36 bits per heavy atom. The molecular formula is C17H24N4O4. The van der Waals surface area contributed by atoms with E-state index in [0.717, 1.165) is 12.8 Å². The van der Waals surface area contributed by atoms with E-state index in [1.165, 1.54) is 6.07 Å². The van der Waals surface area contributed by atoms with Gasteiger partial charge in [-0.1, -0.05) is 0 Å². The zero-order valence-corrected chi connectivity index (χ0v) is 14.6. The highest BCUT2D eigenvalue weighted by Gasteiger charge is 2.43. The van der Waals surface area contributed by atoms with E-state index in [1.807, 2.05) is 11.8 Å². The van der Waals surface area contributed by atoms with E-state index < -0.39 is 16.8 Å². The molecule has 25 heavy (non-hydrogen) atoms. The van der Waals surface area contributed by atoms with Crippen LogP contribution < -0.4 is 10.7 Å². The first-order chi connectivity index (χ1) is 11.9. The van der Waals surface area contributed by atoms with Gasteiger partial charge in [0.15, 0.2) is 5.69 Å². The molecule has 2 amide bonds. The molecule has 2 aliphatic rings. The zero-order valence-electron chi connectivity index (χ0n) is 14.6. The van der Waals surface area contributed by atoms with Gasteiger partial charge in [0.05, 0.1) is 18.6 Å². The van der Waals surface area contributed by atoms with E-state index in [1.54, 1.807) is 6.92 Å². The number of H-pyrrole nitrogens is 1. The van der Waals surface area contributed by atoms with Gasteiger partial charge in [-0.05, 0) is 33.1 Å². The first kappa shape index (κ1) is 17.6. The normalized spacial score (nSPS) is 22.6. The molecule has 1 aromatic heterocycles. The Balaban J connectivity index is 1.59. The molecule has 1 atom stereocenters. The molecule has 2 saturated heterocycles. The Bertz CT molecular complexity index is 726. The van der Waals surface area contributed by atoms with Crippen molar-refractivity contribution >= 4 is 11.8 Å². The molecule has 136 valence electrons. The molecule has 0 aromatic carbocycles. The van der Waals surface area contributed by atoms with Gasteiger partial charge < -0.3 is 15.0 Å². The van der Waals surface area contributed by atoms with Gasteiger partial charge >= 0.3 is 0 Å². The van der Waals surface area contributed by atoms with Crippen molar-refractivity contribution < 1.29 is 14.3 Å². The minimum atomic E-state index is -0.467. The van der Waals surface area contributed by atoms with Crippen LogP contribution in [0.15, 0.2) is 10.9 Å². The highest BCUT2D eigenvalue weighted by molar-refractivity contribution is 5.92. The van der Waals surface area contributed by atoms with E-state index in [-0.39, 0.29) is 17.6 Å². The van der Waals surface area contributed by atoms with Gasteiger partial charge in [0.2, 0.25) is 11.3 Å². The van der Waals surface area contributed by atoms with Gasteiger partial charge in [-0.15, -0.1) is 0 Å². The van der Waals surface area contributed by atoms with Crippen molar-refractivity contribution in [2.45, 2.75) is 39.2 Å². The molecule has 0 aliphatic carbocycles. The number of likely N-dealkylation sites (tertiary alicyclic amines) is 1. The summed E-state index contributed by atoms with van der Waals surface area (Å²) in [6.45, 7) is 5.87. The number of aromatic amines is 1. The lowest BCUT2D eigenvalue weighted by Crippen LogP contribution is -2.53. The van der Waals surface area contributed by atoms with Crippen molar-refractivity contribution in [2.24, 2.45) is 5.41 Å². The number of ether oxygens (including phenoxy) is 1. The quantitative estimate of drug-likeness (QED) is 0.813. The fourth-order valence-electron chi connectivity index (χ4n) is 3.27. The van der Waals surface area contributed by atoms with Crippen LogP contribution in [0.3, 0.4) is 0 Å². The van der Waals surface area contributed by atoms with Crippen molar-refractivity contribution in [2.75, 3.05) is 26.3 Å². The summed E-state index contributed by atoms with van der Waals surface area (Å²) in [5, 5.41) is 9.36. The second kappa shape index (κ2) is 6.95. The van der Waals surface area contributed by atoms with E-state index in [0.29, 0.717) is 38.4 Å². The van der Waals surface area contributed by atoms with Crippen LogP contribution in [-0.4, -0.2) is 59.3 Å². The summed E-state index contributed by atoms with van der Waals surface area (Å²) in [6, 6.07) is 1.29. The average molecular weight is 348 g/mol. The molecule has 0 bridgehead atoms. The third kappa shape index (κ3) is 3.73. The summed E-state index contributed by atoms with van der Waals surface area (Å²) in [6.07, 6.45) is 2.25. The monoisotopic (exact) mass is 348 g/mol. The second-order valence-corrected chi connectivity index (χ2v) is 7.21. The summed E-state index contributed by atoms with van der Waals surface area (Å²) in [5.74, 6) is -0.340. The zero-order chi connectivity index (χ0) is 18.0. The van der Waals surface area contributed by atoms with Gasteiger partial charge in [0, 0.05) is 30.9 Å². The molecule has 8 nitrogen and oxygen atoms in total. The lowest BCUT2D eigenvalue weighted by molar-refractivity contribution is -0.168. The molecule has 8 heteroatoms. The summed E-state index contributed by atoms with van der Waals surface area (Å²) in [7, 11) is 0. The maximum absolute atomic E-state index is 12.6. The van der Waals surface area contributed by atoms with Crippen molar-refractivity contribution in [3.63, 3.8) is 0 Å². The maximum Gasteiger partial charge on any atom is 0.276 e. The maximum atomic E-state index is 12.6. The molecule has 1 aromatic rings. The first-order valence-corrected chi connectivity index (χ1v) is 8.63. The topological polar surface area (TPSA) is 104 Å². The van der Waals surface area contributed by atoms with E-state index in [9.17, 15) is 14.4 Å². The molecule has 2 N–H and O–H groups in total. The number of rotatable bonds is 3. The van der Waals surface area contributed by atoms with Crippen LogP contribution in [0.25, 0.3) is 0 Å². The van der Waals surface area contributed by atoms with Crippen molar-refractivity contribution in [1.29, 1.82) is 0 Å². The van der Waals surface area contributed by atoms with Crippen LogP contribution in [0, 0.1) is 12.3 Å². The summed E-state index contributed by atoms with van der Waals surface area (Å²) >= 11 is 0. The molecule has 3 heterocycles. The highest BCUT2D eigenvalue weighted by atomic mass is 16.5. The SMILES string of the molecule is Cc1cc(=O)c(C(=O)NC2CCCN(C(=O)C3(C)COC3)CC2)n[nH]1. The first-order valence-electron chi connectivity index (χ1n) is 8.63. The van der Waals surface area contributed by atoms with E-state index in [4.69, 9.17) is 4.74 Å². The van der Waals surface area contributed by atoms with Gasteiger partial charge in [0.25, 0.3) is 5.91 Å². The minimum absolute atomic E-state index is 0.0711. The fraction of sp³-hybridized carbons (Fsp3) is 0.647. The second-order valence-electron chi connectivity index (χ2n) is 7.21. The van der Waals surface area contributed by atoms with Gasteiger partial charge in [-0.3, -0.25) is 19.5 Å². The van der Waals surface area contributed by atoms with Crippen molar-refractivity contribution in [3.8, 4) is 0 Å². The Morgan fingerprint density at radius 3 is 2.76 bits per heavy atom. The average Bonchev–Trinajstić information content (AvgIpc) is 2.77. The number of carbonyl (C=O) groups excluding carboxylic acids is 2. The van der Waals surface area contributed by atoms with Crippen LogP contribution in [0.1, 0.15) is 42.4 Å². The minimum Gasteiger partial charge on any atom is -0.379 e. The fourth-order valence-corrected chi connectivity index (χ4v) is 3.27. The Hall–Kier alpha value is -2.22. The predicted octanol–water partition coefficient (Wildman–Crippen LogP) is 0.226. The molecular weight excluding hydrogens is 324 g/mol. The third-order valence-corrected chi connectivity index (χ3v) is 4.85. The highest BCUT2D eigenvalue weighted by Crippen LogP contribution is 2.30. The van der Waals surface area contributed by atoms with Crippen molar-refractivity contribution in [1.82, 2.24) is 20.4 Å².